The molecule has 1 fully saturated rings. The molecule has 7 nitrogen and oxygen atoms in total. The first-order valence-electron chi connectivity index (χ1n) is 5.38. The zero-order chi connectivity index (χ0) is 12.6. The van der Waals surface area contributed by atoms with E-state index in [1.165, 1.54) is 15.8 Å². The molecule has 0 radical (unpaired) electrons. The number of hydrogen-bond acceptors (Lipinski definition) is 4. The van der Waals surface area contributed by atoms with Gasteiger partial charge in [-0.1, -0.05) is 0 Å². The van der Waals surface area contributed by atoms with Crippen molar-refractivity contribution >= 4 is 17.5 Å². The maximum absolute atomic E-state index is 12.3. The highest BCUT2D eigenvalue weighted by atomic mass is 16.2. The zero-order valence-corrected chi connectivity index (χ0v) is 9.80. The van der Waals surface area contributed by atoms with Gasteiger partial charge in [0.05, 0.1) is 11.9 Å². The molecular weight excluding hydrogens is 222 g/mol. The molecule has 1 atom stereocenters. The minimum Gasteiger partial charge on any atom is -0.396 e. The topological polar surface area (TPSA) is 93.2 Å². The van der Waals surface area contributed by atoms with Crippen molar-refractivity contribution in [2.75, 3.05) is 18.8 Å². The summed E-state index contributed by atoms with van der Waals surface area (Å²) in [4.78, 5) is 25.3. The smallest absolute Gasteiger partial charge is 0.274 e. The van der Waals surface area contributed by atoms with Crippen molar-refractivity contribution in [2.24, 2.45) is 7.05 Å². The van der Waals surface area contributed by atoms with Gasteiger partial charge in [0.25, 0.3) is 5.91 Å². The van der Waals surface area contributed by atoms with Crippen LogP contribution in [0.4, 0.5) is 5.69 Å². The van der Waals surface area contributed by atoms with E-state index < -0.39 is 6.04 Å². The quantitative estimate of drug-likeness (QED) is 0.652. The Hall–Kier alpha value is -2.05. The Morgan fingerprint density at radius 2 is 2.35 bits per heavy atom. The highest BCUT2D eigenvalue weighted by molar-refractivity contribution is 6.00. The fourth-order valence-corrected chi connectivity index (χ4v) is 1.91. The summed E-state index contributed by atoms with van der Waals surface area (Å²) in [6.45, 7) is 2.64. The van der Waals surface area contributed by atoms with Gasteiger partial charge in [0.15, 0.2) is 0 Å². The maximum Gasteiger partial charge on any atom is 0.274 e. The number of nitrogens with one attached hydrogen (secondary N) is 1. The highest BCUT2D eigenvalue weighted by Crippen LogP contribution is 2.15. The normalized spacial score (nSPS) is 20.2. The van der Waals surface area contributed by atoms with Crippen LogP contribution in [0.25, 0.3) is 0 Å². The van der Waals surface area contributed by atoms with Crippen molar-refractivity contribution in [1.82, 2.24) is 20.0 Å². The Bertz CT molecular complexity index is 448. The van der Waals surface area contributed by atoms with Crippen LogP contribution in [0.2, 0.25) is 0 Å². The van der Waals surface area contributed by atoms with E-state index >= 15 is 0 Å². The molecule has 1 aliphatic heterocycles. The molecule has 1 saturated heterocycles. The van der Waals surface area contributed by atoms with Crippen LogP contribution in [0, 0.1) is 0 Å². The number of nitrogens with zero attached hydrogens (tertiary/aromatic N) is 3. The van der Waals surface area contributed by atoms with Crippen molar-refractivity contribution in [3.63, 3.8) is 0 Å². The van der Waals surface area contributed by atoms with Gasteiger partial charge in [-0.05, 0) is 6.92 Å². The molecule has 3 N–H and O–H groups in total. The SMILES string of the molecule is CC1C(=O)NCCN1C(=O)c1c(N)cnn1C. The third-order valence-electron chi connectivity index (χ3n) is 2.93. The van der Waals surface area contributed by atoms with Gasteiger partial charge in [-0.2, -0.15) is 5.10 Å². The molecule has 17 heavy (non-hydrogen) atoms. The summed E-state index contributed by atoms with van der Waals surface area (Å²) in [7, 11) is 1.65. The van der Waals surface area contributed by atoms with E-state index in [2.05, 4.69) is 10.4 Å². The second kappa shape index (κ2) is 4.08. The zero-order valence-electron chi connectivity index (χ0n) is 9.80. The number of rotatable bonds is 1. The van der Waals surface area contributed by atoms with Crippen LogP contribution in [-0.4, -0.2) is 45.6 Å². The summed E-state index contributed by atoms with van der Waals surface area (Å²) in [5.74, 6) is -0.407. The molecular formula is C10H15N5O2. The van der Waals surface area contributed by atoms with Crippen molar-refractivity contribution in [1.29, 1.82) is 0 Å². The summed E-state index contributed by atoms with van der Waals surface area (Å²) in [6.07, 6.45) is 1.43. The van der Waals surface area contributed by atoms with Gasteiger partial charge in [-0.3, -0.25) is 14.3 Å². The molecule has 0 bridgehead atoms. The number of carbonyl (C=O) groups is 2. The third-order valence-corrected chi connectivity index (χ3v) is 2.93. The fourth-order valence-electron chi connectivity index (χ4n) is 1.91. The van der Waals surface area contributed by atoms with E-state index in [9.17, 15) is 9.59 Å². The standard InChI is InChI=1S/C10H15N5O2/c1-6-9(16)12-3-4-15(6)10(17)8-7(11)5-13-14(8)2/h5-6H,3-4,11H2,1-2H3,(H,12,16). The van der Waals surface area contributed by atoms with E-state index in [-0.39, 0.29) is 11.8 Å². The van der Waals surface area contributed by atoms with Crippen LogP contribution in [0.15, 0.2) is 6.20 Å². The lowest BCUT2D eigenvalue weighted by atomic mass is 10.2. The molecule has 0 saturated carbocycles. The Labute approximate surface area is 98.6 Å². The van der Waals surface area contributed by atoms with Crippen LogP contribution < -0.4 is 11.1 Å². The largest absolute Gasteiger partial charge is 0.396 e. The van der Waals surface area contributed by atoms with Crippen LogP contribution in [0.5, 0.6) is 0 Å². The lowest BCUT2D eigenvalue weighted by Crippen LogP contribution is -2.56. The number of aromatic nitrogens is 2. The molecule has 0 aliphatic carbocycles. The van der Waals surface area contributed by atoms with Gasteiger partial charge in [-0.25, -0.2) is 0 Å². The molecule has 92 valence electrons. The Kier molecular flexibility index (Phi) is 2.74. The van der Waals surface area contributed by atoms with Crippen LogP contribution in [0.3, 0.4) is 0 Å². The summed E-state index contributed by atoms with van der Waals surface area (Å²) in [6, 6.07) is -0.481. The maximum atomic E-state index is 12.3. The van der Waals surface area contributed by atoms with Crippen molar-refractivity contribution < 1.29 is 9.59 Å². The minimum absolute atomic E-state index is 0.148. The first kappa shape index (κ1) is 11.4. The summed E-state index contributed by atoms with van der Waals surface area (Å²) < 4.78 is 1.43. The average molecular weight is 237 g/mol. The Morgan fingerprint density at radius 3 is 2.94 bits per heavy atom. The summed E-state index contributed by atoms with van der Waals surface area (Å²) in [5.41, 5.74) is 6.35. The molecule has 2 amide bonds. The van der Waals surface area contributed by atoms with Crippen LogP contribution in [-0.2, 0) is 11.8 Å². The van der Waals surface area contributed by atoms with Gasteiger partial charge < -0.3 is 16.0 Å². The number of nitrogen functional groups attached to an aromatic ring is 1. The summed E-state index contributed by atoms with van der Waals surface area (Å²) in [5, 5.41) is 6.62. The van der Waals surface area contributed by atoms with E-state index in [0.29, 0.717) is 24.5 Å². The molecule has 1 aromatic heterocycles. The Morgan fingerprint density at radius 1 is 1.65 bits per heavy atom. The van der Waals surface area contributed by atoms with E-state index in [4.69, 9.17) is 5.73 Å². The number of hydrogen-bond donors (Lipinski definition) is 2. The monoisotopic (exact) mass is 237 g/mol. The molecule has 1 unspecified atom stereocenters. The molecule has 1 aromatic rings. The molecule has 1 aliphatic rings. The number of piperazine rings is 1. The van der Waals surface area contributed by atoms with Gasteiger partial charge in [0.2, 0.25) is 5.91 Å². The van der Waals surface area contributed by atoms with Gasteiger partial charge in [0.1, 0.15) is 11.7 Å². The molecule has 0 spiro atoms. The van der Waals surface area contributed by atoms with Crippen LogP contribution >= 0.6 is 0 Å². The molecule has 2 rings (SSSR count). The predicted octanol–water partition coefficient (Wildman–Crippen LogP) is -1.04. The second-order valence-corrected chi connectivity index (χ2v) is 4.04. The average Bonchev–Trinajstić information content (AvgIpc) is 2.62. The molecule has 2 heterocycles. The fraction of sp³-hybridized carbons (Fsp3) is 0.500. The summed E-state index contributed by atoms with van der Waals surface area (Å²) >= 11 is 0. The van der Waals surface area contributed by atoms with Crippen LogP contribution in [0.1, 0.15) is 17.4 Å². The third kappa shape index (κ3) is 1.83. The van der Waals surface area contributed by atoms with E-state index in [1.807, 2.05) is 0 Å². The molecule has 0 aromatic carbocycles. The van der Waals surface area contributed by atoms with Crippen molar-refractivity contribution in [2.45, 2.75) is 13.0 Å². The lowest BCUT2D eigenvalue weighted by molar-refractivity contribution is -0.127. The highest BCUT2D eigenvalue weighted by Gasteiger charge is 2.32. The van der Waals surface area contributed by atoms with Crippen molar-refractivity contribution in [3.8, 4) is 0 Å². The second-order valence-electron chi connectivity index (χ2n) is 4.04. The van der Waals surface area contributed by atoms with Gasteiger partial charge >= 0.3 is 0 Å². The number of nitrogens with two attached hydrogens (primary N) is 1. The number of anilines is 1. The predicted molar refractivity (Wildman–Crippen MR) is 61.1 cm³/mol. The van der Waals surface area contributed by atoms with E-state index in [1.54, 1.807) is 14.0 Å². The van der Waals surface area contributed by atoms with Gasteiger partial charge in [0, 0.05) is 20.1 Å². The first-order valence-corrected chi connectivity index (χ1v) is 5.38. The molecule has 7 heteroatoms. The lowest BCUT2D eigenvalue weighted by Gasteiger charge is -2.32. The van der Waals surface area contributed by atoms with Crippen molar-refractivity contribution in [3.05, 3.63) is 11.9 Å². The van der Waals surface area contributed by atoms with Gasteiger partial charge in [-0.15, -0.1) is 0 Å². The Balaban J connectivity index is 2.29. The van der Waals surface area contributed by atoms with E-state index in [0.717, 1.165) is 0 Å². The first-order chi connectivity index (χ1) is 8.02. The number of aryl methyl sites for hydroxylation is 1. The minimum atomic E-state index is -0.481. The number of carbonyl (C=O) groups excluding carboxylic acids is 2. The number of amides is 2.